The van der Waals surface area contributed by atoms with Crippen molar-refractivity contribution in [2.24, 2.45) is 5.92 Å². The highest BCUT2D eigenvalue weighted by Crippen LogP contribution is 2.11. The second-order valence-corrected chi connectivity index (χ2v) is 3.13. The van der Waals surface area contributed by atoms with Crippen LogP contribution < -0.4 is 0 Å². The van der Waals surface area contributed by atoms with E-state index in [4.69, 9.17) is 5.11 Å². The molecule has 0 saturated carbocycles. The molecule has 0 heterocycles. The summed E-state index contributed by atoms with van der Waals surface area (Å²) in [6, 6.07) is 9.73. The van der Waals surface area contributed by atoms with Crippen molar-refractivity contribution in [1.29, 1.82) is 0 Å². The van der Waals surface area contributed by atoms with Gasteiger partial charge in [-0.2, -0.15) is 13.5 Å². The van der Waals surface area contributed by atoms with Crippen LogP contribution in [0.15, 0.2) is 30.3 Å². The topological polar surface area (TPSA) is 37.3 Å². The summed E-state index contributed by atoms with van der Waals surface area (Å²) in [5, 5.41) is 8.83. The number of carboxylic acid groups (broad SMARTS) is 1. The minimum atomic E-state index is -0.702. The molecule has 0 aromatic heterocycles. The first kappa shape index (κ1) is 13.0. The number of carboxylic acids is 1. The van der Waals surface area contributed by atoms with Gasteiger partial charge in [-0.3, -0.25) is 4.79 Å². The van der Waals surface area contributed by atoms with Crippen LogP contribution in [0.4, 0.5) is 0 Å². The van der Waals surface area contributed by atoms with Crippen LogP contribution in [0.1, 0.15) is 18.9 Å². The molecule has 0 spiro atoms. The molecule has 1 atom stereocenters. The van der Waals surface area contributed by atoms with Gasteiger partial charge in [0.05, 0.1) is 5.92 Å². The minimum absolute atomic E-state index is 0. The second kappa shape index (κ2) is 6.49. The lowest BCUT2D eigenvalue weighted by Gasteiger charge is -2.08. The van der Waals surface area contributed by atoms with Crippen molar-refractivity contribution < 1.29 is 9.90 Å². The predicted octanol–water partition coefficient (Wildman–Crippen LogP) is 2.45. The third-order valence-electron chi connectivity index (χ3n) is 2.17. The molecule has 0 bridgehead atoms. The molecule has 0 saturated heterocycles. The Kier molecular flexibility index (Phi) is 6.04. The van der Waals surface area contributed by atoms with Gasteiger partial charge in [-0.15, -0.1) is 0 Å². The van der Waals surface area contributed by atoms with E-state index in [0.29, 0.717) is 12.8 Å². The molecule has 78 valence electrons. The van der Waals surface area contributed by atoms with E-state index in [1.54, 1.807) is 0 Å². The van der Waals surface area contributed by atoms with Gasteiger partial charge in [0.2, 0.25) is 0 Å². The third kappa shape index (κ3) is 3.83. The van der Waals surface area contributed by atoms with Gasteiger partial charge in [0.1, 0.15) is 0 Å². The lowest BCUT2D eigenvalue weighted by molar-refractivity contribution is -0.141. The monoisotopic (exact) mass is 212 g/mol. The highest BCUT2D eigenvalue weighted by Gasteiger charge is 2.14. The quantitative estimate of drug-likeness (QED) is 0.832. The summed E-state index contributed by atoms with van der Waals surface area (Å²) < 4.78 is 0. The molecule has 0 aliphatic heterocycles. The Morgan fingerprint density at radius 2 is 1.93 bits per heavy atom. The fourth-order valence-electron chi connectivity index (χ4n) is 1.30. The van der Waals surface area contributed by atoms with E-state index in [9.17, 15) is 4.79 Å². The fraction of sp³-hybridized carbons (Fsp3) is 0.364. The standard InChI is InChI=1S/C11H14O2.H2S/c1-2-10(11(12)13)8-9-6-4-3-5-7-9;/h3-7,10H,2,8H2,1H3,(H,12,13);1H2. The maximum atomic E-state index is 10.7. The SMILES string of the molecule is CCC(Cc1ccccc1)C(=O)O.S. The molecule has 3 heteroatoms. The van der Waals surface area contributed by atoms with Gasteiger partial charge >= 0.3 is 5.97 Å². The summed E-state index contributed by atoms with van der Waals surface area (Å²) >= 11 is 0. The van der Waals surface area contributed by atoms with Gasteiger partial charge in [0.15, 0.2) is 0 Å². The van der Waals surface area contributed by atoms with Gasteiger partial charge in [0.25, 0.3) is 0 Å². The maximum absolute atomic E-state index is 10.7. The van der Waals surface area contributed by atoms with Gasteiger partial charge < -0.3 is 5.11 Å². The van der Waals surface area contributed by atoms with E-state index in [1.165, 1.54) is 0 Å². The molecule has 0 amide bonds. The van der Waals surface area contributed by atoms with Crippen molar-refractivity contribution in [2.75, 3.05) is 0 Å². The molecule has 0 aliphatic rings. The third-order valence-corrected chi connectivity index (χ3v) is 2.17. The van der Waals surface area contributed by atoms with Crippen LogP contribution in [0.2, 0.25) is 0 Å². The normalized spacial score (nSPS) is 11.5. The van der Waals surface area contributed by atoms with Crippen molar-refractivity contribution >= 4 is 19.5 Å². The Bertz CT molecular complexity index is 272. The molecule has 1 rings (SSSR count). The minimum Gasteiger partial charge on any atom is -0.481 e. The number of hydrogen-bond donors (Lipinski definition) is 1. The Balaban J connectivity index is 0.00000169. The van der Waals surface area contributed by atoms with Crippen molar-refractivity contribution in [3.8, 4) is 0 Å². The van der Waals surface area contributed by atoms with E-state index in [0.717, 1.165) is 5.56 Å². The van der Waals surface area contributed by atoms with Crippen molar-refractivity contribution in [1.82, 2.24) is 0 Å². The van der Waals surface area contributed by atoms with E-state index in [2.05, 4.69) is 0 Å². The summed E-state index contributed by atoms with van der Waals surface area (Å²) in [6.45, 7) is 1.90. The zero-order valence-corrected chi connectivity index (χ0v) is 9.23. The molecule has 0 radical (unpaired) electrons. The fourth-order valence-corrected chi connectivity index (χ4v) is 1.30. The largest absolute Gasteiger partial charge is 0.481 e. The van der Waals surface area contributed by atoms with Crippen LogP contribution in [-0.2, 0) is 11.2 Å². The number of carbonyl (C=O) groups is 1. The molecule has 1 unspecified atom stereocenters. The molecule has 1 aromatic carbocycles. The van der Waals surface area contributed by atoms with Gasteiger partial charge in [-0.25, -0.2) is 0 Å². The summed E-state index contributed by atoms with van der Waals surface area (Å²) in [5.74, 6) is -0.950. The molecular formula is C11H16O2S. The lowest BCUT2D eigenvalue weighted by Crippen LogP contribution is -2.15. The van der Waals surface area contributed by atoms with Crippen LogP contribution in [0, 0.1) is 5.92 Å². The molecular weight excluding hydrogens is 196 g/mol. The Morgan fingerprint density at radius 3 is 2.36 bits per heavy atom. The molecule has 0 fully saturated rings. The van der Waals surface area contributed by atoms with E-state index in [1.807, 2.05) is 37.3 Å². The van der Waals surface area contributed by atoms with Gasteiger partial charge in [-0.1, -0.05) is 37.3 Å². The Morgan fingerprint density at radius 1 is 1.36 bits per heavy atom. The van der Waals surface area contributed by atoms with E-state index >= 15 is 0 Å². The van der Waals surface area contributed by atoms with Gasteiger partial charge in [-0.05, 0) is 18.4 Å². The highest BCUT2D eigenvalue weighted by molar-refractivity contribution is 7.59. The number of aliphatic carboxylic acids is 1. The summed E-state index contributed by atoms with van der Waals surface area (Å²) in [5.41, 5.74) is 1.09. The number of hydrogen-bond acceptors (Lipinski definition) is 1. The second-order valence-electron chi connectivity index (χ2n) is 3.13. The number of benzene rings is 1. The van der Waals surface area contributed by atoms with Crippen LogP contribution in [0.5, 0.6) is 0 Å². The molecule has 1 aromatic rings. The number of rotatable bonds is 4. The average molecular weight is 212 g/mol. The Labute approximate surface area is 91.4 Å². The van der Waals surface area contributed by atoms with Crippen LogP contribution >= 0.6 is 13.5 Å². The molecule has 2 nitrogen and oxygen atoms in total. The van der Waals surface area contributed by atoms with E-state index < -0.39 is 5.97 Å². The van der Waals surface area contributed by atoms with E-state index in [-0.39, 0.29) is 19.4 Å². The first-order valence-electron chi connectivity index (χ1n) is 4.50. The van der Waals surface area contributed by atoms with Crippen LogP contribution in [0.3, 0.4) is 0 Å². The zero-order valence-electron chi connectivity index (χ0n) is 8.23. The summed E-state index contributed by atoms with van der Waals surface area (Å²) in [6.07, 6.45) is 1.32. The molecule has 0 aliphatic carbocycles. The summed E-state index contributed by atoms with van der Waals surface area (Å²) in [7, 11) is 0. The van der Waals surface area contributed by atoms with Crippen molar-refractivity contribution in [3.63, 3.8) is 0 Å². The van der Waals surface area contributed by atoms with Crippen LogP contribution in [0.25, 0.3) is 0 Å². The maximum Gasteiger partial charge on any atom is 0.306 e. The first-order chi connectivity index (χ1) is 6.24. The average Bonchev–Trinajstić information content (AvgIpc) is 2.15. The predicted molar refractivity (Wildman–Crippen MR) is 61.9 cm³/mol. The molecule has 1 N–H and O–H groups in total. The molecule has 14 heavy (non-hydrogen) atoms. The first-order valence-corrected chi connectivity index (χ1v) is 4.50. The zero-order chi connectivity index (χ0) is 9.68. The van der Waals surface area contributed by atoms with Crippen molar-refractivity contribution in [3.05, 3.63) is 35.9 Å². The van der Waals surface area contributed by atoms with Crippen LogP contribution in [-0.4, -0.2) is 11.1 Å². The summed E-state index contributed by atoms with van der Waals surface area (Å²) in [4.78, 5) is 10.7. The highest BCUT2D eigenvalue weighted by atomic mass is 32.1. The Hall–Kier alpha value is -0.960. The lowest BCUT2D eigenvalue weighted by atomic mass is 9.97. The van der Waals surface area contributed by atoms with Crippen molar-refractivity contribution in [2.45, 2.75) is 19.8 Å². The van der Waals surface area contributed by atoms with Gasteiger partial charge in [0, 0.05) is 0 Å². The smallest absolute Gasteiger partial charge is 0.306 e.